The number of nitrogens with zero attached hydrogens (tertiary/aromatic N) is 3. The summed E-state index contributed by atoms with van der Waals surface area (Å²) in [5, 5.41) is 10.4. The molecule has 0 saturated carbocycles. The van der Waals surface area contributed by atoms with E-state index in [-0.39, 0.29) is 0 Å². The highest BCUT2D eigenvalue weighted by Gasteiger charge is 2.03. The van der Waals surface area contributed by atoms with Crippen molar-refractivity contribution in [3.8, 4) is 0 Å². The number of nitrogens with one attached hydrogen (secondary N) is 2. The second-order valence-corrected chi connectivity index (χ2v) is 6.67. The molecular weight excluding hydrogens is 326 g/mol. The van der Waals surface area contributed by atoms with E-state index >= 15 is 0 Å². The van der Waals surface area contributed by atoms with Gasteiger partial charge >= 0.3 is 0 Å². The van der Waals surface area contributed by atoms with Crippen LogP contribution in [0.25, 0.3) is 0 Å². The lowest BCUT2D eigenvalue weighted by molar-refractivity contribution is 0.374. The molecule has 1 aromatic heterocycles. The van der Waals surface area contributed by atoms with Gasteiger partial charge in [0.15, 0.2) is 11.8 Å². The molecule has 0 aliphatic carbocycles. The zero-order valence-corrected chi connectivity index (χ0v) is 16.4. The van der Waals surface area contributed by atoms with Crippen LogP contribution in [-0.2, 0) is 12.8 Å². The zero-order valence-electron chi connectivity index (χ0n) is 16.4. The average Bonchev–Trinajstić information content (AvgIpc) is 3.04. The van der Waals surface area contributed by atoms with Crippen molar-refractivity contribution in [2.45, 2.75) is 52.9 Å². The Morgan fingerprint density at radius 2 is 1.92 bits per heavy atom. The molecule has 0 amide bonds. The summed E-state index contributed by atoms with van der Waals surface area (Å²) in [6.07, 6.45) is 2.76. The standard InChI is InChI=1S/C20H31N5O/c1-5-21-20(23-14-12-19-24-16(4)25-26-19)22-13-6-7-17-8-10-18(11-9-17)15(2)3/h8-11,15H,5-7,12-14H2,1-4H3,(H2,21,22,23). The van der Waals surface area contributed by atoms with Gasteiger partial charge in [0.1, 0.15) is 0 Å². The summed E-state index contributed by atoms with van der Waals surface area (Å²) in [6, 6.07) is 8.92. The molecule has 0 fully saturated rings. The van der Waals surface area contributed by atoms with Crippen molar-refractivity contribution in [2.24, 2.45) is 4.99 Å². The lowest BCUT2D eigenvalue weighted by atomic mass is 10.0. The van der Waals surface area contributed by atoms with Crippen LogP contribution in [0, 0.1) is 6.92 Å². The summed E-state index contributed by atoms with van der Waals surface area (Å²) in [4.78, 5) is 8.84. The van der Waals surface area contributed by atoms with Crippen molar-refractivity contribution in [2.75, 3.05) is 19.6 Å². The van der Waals surface area contributed by atoms with Crippen molar-refractivity contribution < 1.29 is 4.52 Å². The molecule has 0 bridgehead atoms. The third-order valence-electron chi connectivity index (χ3n) is 4.09. The molecule has 2 aromatic rings. The van der Waals surface area contributed by atoms with Crippen molar-refractivity contribution in [1.29, 1.82) is 0 Å². The van der Waals surface area contributed by atoms with Crippen LogP contribution < -0.4 is 10.6 Å². The Morgan fingerprint density at radius 1 is 1.15 bits per heavy atom. The molecule has 0 unspecified atom stereocenters. The Balaban J connectivity index is 1.73. The van der Waals surface area contributed by atoms with Crippen LogP contribution in [0.4, 0.5) is 0 Å². The van der Waals surface area contributed by atoms with Gasteiger partial charge in [0.05, 0.1) is 0 Å². The fraction of sp³-hybridized carbons (Fsp3) is 0.550. The van der Waals surface area contributed by atoms with Gasteiger partial charge in [-0.25, -0.2) is 0 Å². The average molecular weight is 358 g/mol. The number of aromatic nitrogens is 2. The van der Waals surface area contributed by atoms with Crippen LogP contribution >= 0.6 is 0 Å². The highest BCUT2D eigenvalue weighted by atomic mass is 16.5. The fourth-order valence-corrected chi connectivity index (χ4v) is 2.61. The van der Waals surface area contributed by atoms with Crippen LogP contribution in [0.2, 0.25) is 0 Å². The summed E-state index contributed by atoms with van der Waals surface area (Å²) >= 11 is 0. The van der Waals surface area contributed by atoms with Crippen LogP contribution in [0.5, 0.6) is 0 Å². The lowest BCUT2D eigenvalue weighted by Gasteiger charge is -2.10. The van der Waals surface area contributed by atoms with Gasteiger partial charge in [-0.3, -0.25) is 4.99 Å². The minimum absolute atomic E-state index is 0.582. The third-order valence-corrected chi connectivity index (χ3v) is 4.09. The number of hydrogen-bond donors (Lipinski definition) is 2. The first kappa shape index (κ1) is 19.9. The van der Waals surface area contributed by atoms with Gasteiger partial charge < -0.3 is 15.2 Å². The van der Waals surface area contributed by atoms with Gasteiger partial charge in [-0.2, -0.15) is 4.98 Å². The van der Waals surface area contributed by atoms with Gasteiger partial charge in [-0.15, -0.1) is 0 Å². The molecule has 6 nitrogen and oxygen atoms in total. The van der Waals surface area contributed by atoms with E-state index in [1.807, 2.05) is 6.92 Å². The first-order chi connectivity index (χ1) is 12.6. The number of rotatable bonds is 9. The van der Waals surface area contributed by atoms with Crippen molar-refractivity contribution >= 4 is 5.96 Å². The first-order valence-corrected chi connectivity index (χ1v) is 9.48. The van der Waals surface area contributed by atoms with Gasteiger partial charge in [-0.1, -0.05) is 43.3 Å². The summed E-state index contributed by atoms with van der Waals surface area (Å²) in [5.74, 6) is 2.73. The summed E-state index contributed by atoms with van der Waals surface area (Å²) in [7, 11) is 0. The number of guanidine groups is 1. The van der Waals surface area contributed by atoms with E-state index in [1.165, 1.54) is 11.1 Å². The molecule has 0 aliphatic rings. The molecule has 0 aliphatic heterocycles. The van der Waals surface area contributed by atoms with E-state index in [0.717, 1.165) is 31.9 Å². The highest BCUT2D eigenvalue weighted by Crippen LogP contribution is 2.15. The Hall–Kier alpha value is -2.37. The minimum Gasteiger partial charge on any atom is -0.357 e. The molecule has 2 rings (SSSR count). The molecule has 142 valence electrons. The van der Waals surface area contributed by atoms with E-state index in [2.05, 4.69) is 70.8 Å². The zero-order chi connectivity index (χ0) is 18.8. The largest absolute Gasteiger partial charge is 0.357 e. The molecule has 0 radical (unpaired) electrons. The SMILES string of the molecule is CCNC(=NCCCc1ccc(C(C)C)cc1)NCCc1nc(C)no1. The monoisotopic (exact) mass is 357 g/mol. The Morgan fingerprint density at radius 3 is 2.54 bits per heavy atom. The van der Waals surface area contributed by atoms with E-state index in [1.54, 1.807) is 0 Å². The third kappa shape index (κ3) is 6.86. The van der Waals surface area contributed by atoms with E-state index in [9.17, 15) is 0 Å². The lowest BCUT2D eigenvalue weighted by Crippen LogP contribution is -2.38. The normalized spacial score (nSPS) is 11.8. The molecule has 26 heavy (non-hydrogen) atoms. The quantitative estimate of drug-likeness (QED) is 0.409. The van der Waals surface area contributed by atoms with Crippen LogP contribution in [0.15, 0.2) is 33.8 Å². The minimum atomic E-state index is 0.582. The number of benzene rings is 1. The van der Waals surface area contributed by atoms with Crippen molar-refractivity contribution in [3.63, 3.8) is 0 Å². The van der Waals surface area contributed by atoms with Crippen LogP contribution in [0.1, 0.15) is 56.0 Å². The fourth-order valence-electron chi connectivity index (χ4n) is 2.61. The second kappa shape index (κ2) is 10.6. The Bertz CT molecular complexity index is 676. The maximum Gasteiger partial charge on any atom is 0.228 e. The van der Waals surface area contributed by atoms with Crippen LogP contribution in [0.3, 0.4) is 0 Å². The van der Waals surface area contributed by atoms with E-state index in [4.69, 9.17) is 4.52 Å². The van der Waals surface area contributed by atoms with Crippen LogP contribution in [-0.4, -0.2) is 35.7 Å². The molecular formula is C20H31N5O. The molecule has 0 spiro atoms. The number of aliphatic imine (C=N–C) groups is 1. The van der Waals surface area contributed by atoms with Gasteiger partial charge in [0.2, 0.25) is 5.89 Å². The molecule has 1 heterocycles. The number of aryl methyl sites for hydroxylation is 2. The summed E-state index contributed by atoms with van der Waals surface area (Å²) in [6.45, 7) is 10.7. The maximum atomic E-state index is 5.12. The van der Waals surface area contributed by atoms with Gasteiger partial charge in [0, 0.05) is 26.1 Å². The number of hydrogen-bond acceptors (Lipinski definition) is 4. The first-order valence-electron chi connectivity index (χ1n) is 9.48. The summed E-state index contributed by atoms with van der Waals surface area (Å²) in [5.41, 5.74) is 2.76. The summed E-state index contributed by atoms with van der Waals surface area (Å²) < 4.78 is 5.12. The highest BCUT2D eigenvalue weighted by molar-refractivity contribution is 5.79. The smallest absolute Gasteiger partial charge is 0.228 e. The topological polar surface area (TPSA) is 75.3 Å². The van der Waals surface area contributed by atoms with Gasteiger partial charge in [-0.05, 0) is 43.7 Å². The van der Waals surface area contributed by atoms with E-state index < -0.39 is 0 Å². The Kier molecular flexibility index (Phi) is 8.12. The predicted octanol–water partition coefficient (Wildman–Crippen LogP) is 3.23. The van der Waals surface area contributed by atoms with E-state index in [0.29, 0.717) is 30.6 Å². The van der Waals surface area contributed by atoms with Crippen molar-refractivity contribution in [3.05, 3.63) is 47.1 Å². The molecule has 1 aromatic carbocycles. The molecule has 0 atom stereocenters. The Labute approximate surface area is 156 Å². The van der Waals surface area contributed by atoms with Crippen molar-refractivity contribution in [1.82, 2.24) is 20.8 Å². The molecule has 2 N–H and O–H groups in total. The second-order valence-electron chi connectivity index (χ2n) is 6.67. The predicted molar refractivity (Wildman–Crippen MR) is 106 cm³/mol. The maximum absolute atomic E-state index is 5.12. The molecule has 6 heteroatoms. The molecule has 0 saturated heterocycles. The van der Waals surface area contributed by atoms with Gasteiger partial charge in [0.25, 0.3) is 0 Å².